The molecule has 0 saturated heterocycles. The summed E-state index contributed by atoms with van der Waals surface area (Å²) in [5.41, 5.74) is 0. The lowest BCUT2D eigenvalue weighted by atomic mass is 9.41. The molecule has 6 rings (SSSR count). The van der Waals surface area contributed by atoms with Crippen LogP contribution >= 0.6 is 0 Å². The van der Waals surface area contributed by atoms with Gasteiger partial charge in [-0.2, -0.15) is 0 Å². The van der Waals surface area contributed by atoms with E-state index in [-0.39, 0.29) is 11.8 Å². The minimum Gasteiger partial charge on any atom is -0.299 e. The number of Topliss-reactive ketones (excluding diaryl/α,β-unsaturated/α-hetero) is 2. The molecule has 6 aliphatic carbocycles. The van der Waals surface area contributed by atoms with Gasteiger partial charge < -0.3 is 0 Å². The van der Waals surface area contributed by atoms with Crippen molar-refractivity contribution >= 4 is 11.6 Å². The first kappa shape index (κ1) is 5.15. The average Bonchev–Trinajstić information content (AvgIpc) is 2.45. The molecular formula is C10H8O2. The van der Waals surface area contributed by atoms with Crippen molar-refractivity contribution in [2.24, 2.45) is 47.3 Å². The second-order valence-corrected chi connectivity index (χ2v) is 5.22. The molecule has 8 atom stereocenters. The summed E-state index contributed by atoms with van der Waals surface area (Å²) < 4.78 is 0. The summed E-state index contributed by atoms with van der Waals surface area (Å²) >= 11 is 0. The molecule has 4 bridgehead atoms. The highest BCUT2D eigenvalue weighted by molar-refractivity contribution is 6.07. The lowest BCUT2D eigenvalue weighted by Crippen LogP contribution is -2.61. The molecule has 0 unspecified atom stereocenters. The maximum atomic E-state index is 11.7. The number of ketones is 2. The van der Waals surface area contributed by atoms with Crippen molar-refractivity contribution in [2.75, 3.05) is 0 Å². The Bertz CT molecular complexity index is 336. The third-order valence-corrected chi connectivity index (χ3v) is 5.52. The van der Waals surface area contributed by atoms with Crippen LogP contribution in [0.5, 0.6) is 0 Å². The van der Waals surface area contributed by atoms with Crippen LogP contribution in [0.4, 0.5) is 0 Å². The van der Waals surface area contributed by atoms with Crippen molar-refractivity contribution in [1.82, 2.24) is 0 Å². The number of carbonyl (C=O) groups is 2. The quantitative estimate of drug-likeness (QED) is 0.504. The lowest BCUT2D eigenvalue weighted by Gasteiger charge is -2.61. The molecule has 6 aliphatic rings. The summed E-state index contributed by atoms with van der Waals surface area (Å²) in [4.78, 5) is 23.4. The van der Waals surface area contributed by atoms with Gasteiger partial charge in [-0.15, -0.1) is 0 Å². The molecule has 0 amide bonds. The van der Waals surface area contributed by atoms with Gasteiger partial charge in [-0.05, 0) is 23.7 Å². The molecule has 0 N–H and O–H groups in total. The molecule has 2 heteroatoms. The Labute approximate surface area is 69.3 Å². The molecular weight excluding hydrogens is 152 g/mol. The van der Waals surface area contributed by atoms with Gasteiger partial charge in [0.1, 0.15) is 11.6 Å². The zero-order valence-corrected chi connectivity index (χ0v) is 6.44. The monoisotopic (exact) mass is 160 g/mol. The van der Waals surface area contributed by atoms with E-state index >= 15 is 0 Å². The van der Waals surface area contributed by atoms with E-state index in [0.29, 0.717) is 47.1 Å². The van der Waals surface area contributed by atoms with Crippen LogP contribution in [-0.4, -0.2) is 11.6 Å². The van der Waals surface area contributed by atoms with Crippen molar-refractivity contribution in [2.45, 2.75) is 0 Å². The van der Waals surface area contributed by atoms with Crippen molar-refractivity contribution in [3.05, 3.63) is 0 Å². The topological polar surface area (TPSA) is 34.1 Å². The first-order valence-electron chi connectivity index (χ1n) is 4.90. The van der Waals surface area contributed by atoms with Gasteiger partial charge in [0.2, 0.25) is 0 Å². The third-order valence-electron chi connectivity index (χ3n) is 5.52. The van der Waals surface area contributed by atoms with Gasteiger partial charge >= 0.3 is 0 Å². The van der Waals surface area contributed by atoms with E-state index in [1.54, 1.807) is 0 Å². The zero-order chi connectivity index (χ0) is 7.77. The van der Waals surface area contributed by atoms with Gasteiger partial charge in [-0.1, -0.05) is 0 Å². The van der Waals surface area contributed by atoms with Gasteiger partial charge in [0.05, 0.1) is 0 Å². The molecule has 0 heterocycles. The van der Waals surface area contributed by atoms with E-state index in [2.05, 4.69) is 0 Å². The highest BCUT2D eigenvalue weighted by atomic mass is 16.1. The normalized spacial score (nSPS) is 78.3. The summed E-state index contributed by atoms with van der Waals surface area (Å²) in [5, 5.41) is 0. The Kier molecular flexibility index (Phi) is 0.450. The average molecular weight is 160 g/mol. The van der Waals surface area contributed by atoms with Crippen LogP contribution in [0.3, 0.4) is 0 Å². The molecule has 60 valence electrons. The molecule has 0 aromatic carbocycles. The van der Waals surface area contributed by atoms with E-state index in [0.717, 1.165) is 0 Å². The van der Waals surface area contributed by atoms with Gasteiger partial charge in [0, 0.05) is 23.7 Å². The Hall–Kier alpha value is -0.660. The van der Waals surface area contributed by atoms with Gasteiger partial charge in [0.25, 0.3) is 0 Å². The van der Waals surface area contributed by atoms with Crippen molar-refractivity contribution in [1.29, 1.82) is 0 Å². The highest BCUT2D eigenvalue weighted by Crippen LogP contribution is 2.85. The molecule has 0 aromatic heterocycles. The van der Waals surface area contributed by atoms with Crippen molar-refractivity contribution in [3.8, 4) is 0 Å². The zero-order valence-electron chi connectivity index (χ0n) is 6.44. The molecule has 0 spiro atoms. The fourth-order valence-corrected chi connectivity index (χ4v) is 5.51. The van der Waals surface area contributed by atoms with Crippen LogP contribution in [-0.2, 0) is 9.59 Å². The van der Waals surface area contributed by atoms with Crippen LogP contribution in [0.15, 0.2) is 0 Å². The van der Waals surface area contributed by atoms with E-state index in [1.165, 1.54) is 0 Å². The van der Waals surface area contributed by atoms with Crippen LogP contribution in [0.2, 0.25) is 0 Å². The van der Waals surface area contributed by atoms with E-state index in [1.807, 2.05) is 0 Å². The van der Waals surface area contributed by atoms with Crippen molar-refractivity contribution in [3.63, 3.8) is 0 Å². The van der Waals surface area contributed by atoms with Gasteiger partial charge in [0.15, 0.2) is 0 Å². The Morgan fingerprint density at radius 3 is 1.33 bits per heavy atom. The smallest absolute Gasteiger partial charge is 0.140 e. The minimum atomic E-state index is 0.229. The fraction of sp³-hybridized carbons (Fsp3) is 0.800. The summed E-state index contributed by atoms with van der Waals surface area (Å²) in [6.07, 6.45) is 0. The molecule has 0 radical (unpaired) electrons. The molecule has 0 aliphatic heterocycles. The second kappa shape index (κ2) is 1.05. The van der Waals surface area contributed by atoms with Gasteiger partial charge in [-0.25, -0.2) is 0 Å². The SMILES string of the molecule is O=C1[C@@H]2[C@H]3[C@@H]4C(=O)[C@H]5[C@@H]([C@@H]14)[C@H]2[C@H]53. The maximum Gasteiger partial charge on any atom is 0.140 e. The molecule has 12 heavy (non-hydrogen) atoms. The lowest BCUT2D eigenvalue weighted by molar-refractivity contribution is -0.172. The summed E-state index contributed by atoms with van der Waals surface area (Å²) in [5.74, 6) is 4.65. The Morgan fingerprint density at radius 2 is 1.00 bits per heavy atom. The van der Waals surface area contributed by atoms with Crippen LogP contribution < -0.4 is 0 Å². The van der Waals surface area contributed by atoms with Crippen LogP contribution in [0.1, 0.15) is 0 Å². The molecule has 2 nitrogen and oxygen atoms in total. The summed E-state index contributed by atoms with van der Waals surface area (Å²) in [6, 6.07) is 0. The summed E-state index contributed by atoms with van der Waals surface area (Å²) in [6.45, 7) is 0. The fourth-order valence-electron chi connectivity index (χ4n) is 5.51. The number of rotatable bonds is 0. The van der Waals surface area contributed by atoms with Gasteiger partial charge in [-0.3, -0.25) is 9.59 Å². The first-order valence-corrected chi connectivity index (χ1v) is 4.90. The molecule has 6 saturated carbocycles. The number of hydrogen-bond donors (Lipinski definition) is 0. The highest BCUT2D eigenvalue weighted by Gasteiger charge is 2.90. The Balaban J connectivity index is 1.93. The second-order valence-electron chi connectivity index (χ2n) is 5.22. The number of hydrogen-bond acceptors (Lipinski definition) is 2. The first-order chi connectivity index (χ1) is 5.82. The predicted octanol–water partition coefficient (Wildman–Crippen LogP) is 0.122. The standard InChI is InChI=1S/C10H8O2/c11-9-5-1-2-4(5)8-7(9)3(1)6(2)10(8)12/h1-8H/t1-,2+,3-,4-,5+,6-,7-,8+/m0/s1. The minimum absolute atomic E-state index is 0.229. The summed E-state index contributed by atoms with van der Waals surface area (Å²) in [7, 11) is 0. The van der Waals surface area contributed by atoms with E-state index in [4.69, 9.17) is 0 Å². The van der Waals surface area contributed by atoms with E-state index < -0.39 is 0 Å². The number of carbonyl (C=O) groups excluding carboxylic acids is 2. The third kappa shape index (κ3) is 0.212. The van der Waals surface area contributed by atoms with Crippen LogP contribution in [0, 0.1) is 47.3 Å². The van der Waals surface area contributed by atoms with Crippen LogP contribution in [0.25, 0.3) is 0 Å². The Morgan fingerprint density at radius 1 is 0.583 bits per heavy atom. The predicted molar refractivity (Wildman–Crippen MR) is 37.9 cm³/mol. The van der Waals surface area contributed by atoms with E-state index in [9.17, 15) is 9.59 Å². The van der Waals surface area contributed by atoms with Crippen molar-refractivity contribution < 1.29 is 9.59 Å². The molecule has 0 aromatic rings. The molecule has 6 fully saturated rings. The largest absolute Gasteiger partial charge is 0.299 e. The maximum absolute atomic E-state index is 11.7.